The van der Waals surface area contributed by atoms with Crippen molar-refractivity contribution < 1.29 is 8.42 Å². The third-order valence-corrected chi connectivity index (χ3v) is 6.22. The van der Waals surface area contributed by atoms with Crippen LogP contribution in [-0.4, -0.2) is 14.2 Å². The van der Waals surface area contributed by atoms with Crippen molar-refractivity contribution in [1.29, 1.82) is 0 Å². The zero-order valence-electron chi connectivity index (χ0n) is 10.2. The number of hydrogen-bond donors (Lipinski definition) is 0. The molecule has 0 unspecified atom stereocenters. The molecule has 2 nitrogen and oxygen atoms in total. The maximum Gasteiger partial charge on any atom is 0.178 e. The van der Waals surface area contributed by atoms with Gasteiger partial charge in [0, 0.05) is 0 Å². The highest BCUT2D eigenvalue weighted by Gasteiger charge is 2.43. The normalized spacial score (nSPS) is 24.8. The molecule has 0 amide bonds. The molecule has 1 heterocycles. The summed E-state index contributed by atoms with van der Waals surface area (Å²) in [4.78, 5) is 0.608. The molecule has 92 valence electrons. The Morgan fingerprint density at radius 3 is 2.53 bits per heavy atom. The third kappa shape index (κ3) is 1.63. The lowest BCUT2D eigenvalue weighted by molar-refractivity contribution is 0.404. The summed E-state index contributed by atoms with van der Waals surface area (Å²) >= 11 is 0. The van der Waals surface area contributed by atoms with Gasteiger partial charge in [-0.1, -0.05) is 30.5 Å². The van der Waals surface area contributed by atoms with Crippen molar-refractivity contribution in [2.45, 2.75) is 49.3 Å². The van der Waals surface area contributed by atoms with Gasteiger partial charge in [0.1, 0.15) is 0 Å². The number of hydrogen-bond acceptors (Lipinski definition) is 2. The van der Waals surface area contributed by atoms with Gasteiger partial charge in [-0.2, -0.15) is 0 Å². The van der Waals surface area contributed by atoms with E-state index in [4.69, 9.17) is 0 Å². The molecule has 0 radical (unpaired) electrons. The molecule has 3 heteroatoms. The van der Waals surface area contributed by atoms with Gasteiger partial charge in [-0.15, -0.1) is 0 Å². The zero-order chi connectivity index (χ0) is 12.1. The lowest BCUT2D eigenvalue weighted by Crippen LogP contribution is -2.33. The SMILES string of the molecule is Cc1ccc2c(c1)C1(CCCC1)CCS2(=O)=O. The minimum atomic E-state index is -3.02. The molecular formula is C14H18O2S. The molecule has 1 aromatic rings. The Labute approximate surface area is 103 Å². The molecule has 1 fully saturated rings. The maximum atomic E-state index is 12.1. The predicted molar refractivity (Wildman–Crippen MR) is 68.0 cm³/mol. The van der Waals surface area contributed by atoms with Crippen molar-refractivity contribution in [2.24, 2.45) is 0 Å². The van der Waals surface area contributed by atoms with Crippen molar-refractivity contribution in [3.63, 3.8) is 0 Å². The van der Waals surface area contributed by atoms with Crippen LogP contribution in [0.2, 0.25) is 0 Å². The first-order valence-corrected chi connectivity index (χ1v) is 8.03. The second-order valence-electron chi connectivity index (χ2n) is 5.56. The summed E-state index contributed by atoms with van der Waals surface area (Å²) in [5.41, 5.74) is 2.46. The van der Waals surface area contributed by atoms with Gasteiger partial charge in [0.2, 0.25) is 0 Å². The van der Waals surface area contributed by atoms with E-state index < -0.39 is 9.84 Å². The van der Waals surface area contributed by atoms with Crippen molar-refractivity contribution in [3.05, 3.63) is 29.3 Å². The van der Waals surface area contributed by atoms with Crippen LogP contribution < -0.4 is 0 Å². The van der Waals surface area contributed by atoms with Crippen molar-refractivity contribution in [3.8, 4) is 0 Å². The Morgan fingerprint density at radius 2 is 1.82 bits per heavy atom. The van der Waals surface area contributed by atoms with Crippen LogP contribution >= 0.6 is 0 Å². The van der Waals surface area contributed by atoms with Crippen molar-refractivity contribution >= 4 is 9.84 Å². The van der Waals surface area contributed by atoms with Crippen LogP contribution in [0.1, 0.15) is 43.2 Å². The predicted octanol–water partition coefficient (Wildman–Crippen LogP) is 2.98. The van der Waals surface area contributed by atoms with Gasteiger partial charge < -0.3 is 0 Å². The minimum absolute atomic E-state index is 0.173. The first-order valence-electron chi connectivity index (χ1n) is 6.37. The summed E-state index contributed by atoms with van der Waals surface area (Å²) in [6.45, 7) is 2.05. The molecular weight excluding hydrogens is 232 g/mol. The van der Waals surface area contributed by atoms with Crippen molar-refractivity contribution in [1.82, 2.24) is 0 Å². The maximum absolute atomic E-state index is 12.1. The average Bonchev–Trinajstić information content (AvgIpc) is 2.74. The summed E-state index contributed by atoms with van der Waals surface area (Å²) in [6, 6.07) is 5.85. The van der Waals surface area contributed by atoms with E-state index in [1.54, 1.807) is 0 Å². The van der Waals surface area contributed by atoms with Crippen LogP contribution in [0.15, 0.2) is 23.1 Å². The Kier molecular flexibility index (Phi) is 2.37. The van der Waals surface area contributed by atoms with Crippen molar-refractivity contribution in [2.75, 3.05) is 5.75 Å². The van der Waals surface area contributed by atoms with Gasteiger partial charge in [-0.05, 0) is 43.2 Å². The molecule has 17 heavy (non-hydrogen) atoms. The van der Waals surface area contributed by atoms with Gasteiger partial charge in [-0.3, -0.25) is 0 Å². The Bertz CT molecular complexity index is 552. The molecule has 1 spiro atoms. The molecule has 2 aliphatic rings. The van der Waals surface area contributed by atoms with Crippen LogP contribution in [0.25, 0.3) is 0 Å². The number of rotatable bonds is 0. The molecule has 0 atom stereocenters. The van der Waals surface area contributed by atoms with E-state index in [0.717, 1.165) is 12.0 Å². The van der Waals surface area contributed by atoms with Gasteiger partial charge in [0.05, 0.1) is 10.6 Å². The topological polar surface area (TPSA) is 34.1 Å². The highest BCUT2D eigenvalue weighted by molar-refractivity contribution is 7.91. The van der Waals surface area contributed by atoms with Crippen LogP contribution in [0, 0.1) is 6.92 Å². The lowest BCUT2D eigenvalue weighted by atomic mass is 9.76. The molecule has 1 aliphatic carbocycles. The number of sulfone groups is 1. The smallest absolute Gasteiger partial charge is 0.178 e. The first kappa shape index (κ1) is 11.3. The monoisotopic (exact) mass is 250 g/mol. The molecule has 0 N–H and O–H groups in total. The van der Waals surface area contributed by atoms with Crippen LogP contribution in [-0.2, 0) is 15.3 Å². The summed E-state index contributed by atoms with van der Waals surface area (Å²) in [7, 11) is -3.02. The first-order chi connectivity index (χ1) is 8.04. The number of benzene rings is 1. The molecule has 1 aliphatic heterocycles. The van der Waals surface area contributed by atoms with Gasteiger partial charge in [0.15, 0.2) is 9.84 Å². The van der Waals surface area contributed by atoms with E-state index in [0.29, 0.717) is 10.6 Å². The lowest BCUT2D eigenvalue weighted by Gasteiger charge is -2.35. The summed E-state index contributed by atoms with van der Waals surface area (Å²) in [5, 5.41) is 0. The molecule has 0 saturated heterocycles. The molecule has 1 aromatic carbocycles. The Balaban J connectivity index is 2.25. The minimum Gasteiger partial charge on any atom is -0.224 e. The highest BCUT2D eigenvalue weighted by Crippen LogP contribution is 2.49. The standard InChI is InChI=1S/C14H18O2S/c1-11-4-5-13-12(10-11)14(6-2-3-7-14)8-9-17(13,15)16/h4-5,10H,2-3,6-9H2,1H3. The van der Waals surface area contributed by atoms with Crippen LogP contribution in [0.4, 0.5) is 0 Å². The average molecular weight is 250 g/mol. The molecule has 0 bridgehead atoms. The number of aryl methyl sites for hydroxylation is 1. The second-order valence-corrected chi connectivity index (χ2v) is 7.63. The number of fused-ring (bicyclic) bond motifs is 2. The molecule has 1 saturated carbocycles. The Hall–Kier alpha value is -0.830. The van der Waals surface area contributed by atoms with E-state index in [-0.39, 0.29) is 5.41 Å². The van der Waals surface area contributed by atoms with Gasteiger partial charge in [-0.25, -0.2) is 8.42 Å². The van der Waals surface area contributed by atoms with Gasteiger partial charge >= 0.3 is 0 Å². The highest BCUT2D eigenvalue weighted by atomic mass is 32.2. The molecule has 0 aromatic heterocycles. The fourth-order valence-corrected chi connectivity index (χ4v) is 5.24. The fraction of sp³-hybridized carbons (Fsp3) is 0.571. The molecule has 3 rings (SSSR count). The zero-order valence-corrected chi connectivity index (χ0v) is 11.0. The quantitative estimate of drug-likeness (QED) is 0.709. The van der Waals surface area contributed by atoms with E-state index in [9.17, 15) is 8.42 Å². The van der Waals surface area contributed by atoms with E-state index in [2.05, 4.69) is 6.07 Å². The summed E-state index contributed by atoms with van der Waals surface area (Å²) in [5.74, 6) is 0.336. The summed E-state index contributed by atoms with van der Waals surface area (Å²) in [6.07, 6.45) is 5.64. The van der Waals surface area contributed by atoms with E-state index in [1.807, 2.05) is 19.1 Å². The van der Waals surface area contributed by atoms with Crippen LogP contribution in [0.3, 0.4) is 0 Å². The van der Waals surface area contributed by atoms with Gasteiger partial charge in [0.25, 0.3) is 0 Å². The second kappa shape index (κ2) is 3.58. The van der Waals surface area contributed by atoms with E-state index in [1.165, 1.54) is 31.2 Å². The summed E-state index contributed by atoms with van der Waals surface area (Å²) < 4.78 is 24.2. The third-order valence-electron chi connectivity index (χ3n) is 4.45. The van der Waals surface area contributed by atoms with Crippen LogP contribution in [0.5, 0.6) is 0 Å². The largest absolute Gasteiger partial charge is 0.224 e. The van der Waals surface area contributed by atoms with E-state index >= 15 is 0 Å². The Morgan fingerprint density at radius 1 is 1.12 bits per heavy atom. The fourth-order valence-electron chi connectivity index (χ4n) is 3.47.